The van der Waals surface area contributed by atoms with Crippen LogP contribution in [0.25, 0.3) is 32.8 Å². The number of anilines is 3. The number of aliphatic hydroxyl groups is 1. The maximum Gasteiger partial charge on any atom is 0.225 e. The number of aromatic nitrogens is 1. The fourth-order valence-corrected chi connectivity index (χ4v) is 8.10. The highest BCUT2D eigenvalue weighted by molar-refractivity contribution is 6.89. The van der Waals surface area contributed by atoms with E-state index in [1.54, 1.807) is 7.11 Å². The van der Waals surface area contributed by atoms with Crippen molar-refractivity contribution in [2.75, 3.05) is 18.6 Å². The van der Waals surface area contributed by atoms with E-state index in [0.29, 0.717) is 6.61 Å². The smallest absolute Gasteiger partial charge is 0.225 e. The minimum atomic E-state index is -1.63. The van der Waals surface area contributed by atoms with Crippen molar-refractivity contribution in [3.63, 3.8) is 0 Å². The second-order valence-electron chi connectivity index (χ2n) is 12.2. The lowest BCUT2D eigenvalue weighted by Gasteiger charge is -2.39. The van der Waals surface area contributed by atoms with Crippen molar-refractivity contribution in [3.8, 4) is 11.3 Å². The summed E-state index contributed by atoms with van der Waals surface area (Å²) < 4.78 is 7.89. The van der Waals surface area contributed by atoms with E-state index in [9.17, 15) is 5.11 Å². The third kappa shape index (κ3) is 3.58. The third-order valence-electron chi connectivity index (χ3n) is 8.75. The lowest BCUT2D eigenvalue weighted by molar-refractivity contribution is -0.711. The number of methoxy groups -OCH3 is 1. The number of allylic oxidation sites excluding steroid dienone is 1. The van der Waals surface area contributed by atoms with Gasteiger partial charge in [-0.25, -0.2) is 0 Å². The summed E-state index contributed by atoms with van der Waals surface area (Å²) in [7, 11) is 0.122. The first-order valence-electron chi connectivity index (χ1n) is 14.1. The van der Waals surface area contributed by atoms with Crippen LogP contribution in [0.2, 0.25) is 19.6 Å². The molecule has 0 aliphatic carbocycles. The highest BCUT2D eigenvalue weighted by atomic mass is 28.3. The number of benzene rings is 4. The lowest BCUT2D eigenvalue weighted by atomic mass is 9.75. The van der Waals surface area contributed by atoms with Gasteiger partial charge in [-0.15, -0.1) is 0 Å². The number of fused-ring (bicyclic) bond motifs is 2. The van der Waals surface area contributed by atoms with E-state index >= 15 is 0 Å². The van der Waals surface area contributed by atoms with Gasteiger partial charge >= 0.3 is 0 Å². The zero-order valence-corrected chi connectivity index (χ0v) is 24.6. The number of pyridine rings is 1. The number of para-hydroxylation sites is 1. The molecule has 1 N–H and O–H groups in total. The molecule has 0 saturated heterocycles. The summed E-state index contributed by atoms with van der Waals surface area (Å²) in [6.45, 7) is 11.9. The SMILES string of the molecule is C=C(O)C1C(CCOC)c2c3c(cc4ccccc24)N(c2ccccc2)c2cc([Si](C)(C)C)cc4cc[n+]1c-3c24. The van der Waals surface area contributed by atoms with Gasteiger partial charge in [0.2, 0.25) is 11.7 Å². The van der Waals surface area contributed by atoms with Crippen LogP contribution in [0.5, 0.6) is 0 Å². The fourth-order valence-electron chi connectivity index (χ4n) is 6.94. The average molecular weight is 544 g/mol. The standard InChI is InChI=1S/C35H34N2O2Si/c1-22(38)34-28(16-18-39-2)32-27-14-10-9-11-23(27)20-29-33(32)35-31-24(15-17-36(34)35)19-26(40(3,4)5)21-30(31)37(29)25-12-7-6-8-13-25/h6-15,17,19-21,28,34H,1,16,18H2,2-5H3/p+1. The summed E-state index contributed by atoms with van der Waals surface area (Å²) >= 11 is 0. The molecule has 4 aromatic carbocycles. The fraction of sp³-hybridized carbons (Fsp3) is 0.229. The molecular formula is C35H35N2O2Si+. The molecule has 0 saturated carbocycles. The summed E-state index contributed by atoms with van der Waals surface area (Å²) in [5.41, 5.74) is 7.24. The first kappa shape index (κ1) is 25.1. The van der Waals surface area contributed by atoms with Gasteiger partial charge in [0.15, 0.2) is 12.0 Å². The number of rotatable bonds is 6. The molecule has 2 aliphatic rings. The van der Waals surface area contributed by atoms with E-state index in [1.165, 1.54) is 54.9 Å². The molecule has 0 spiro atoms. The minimum Gasteiger partial charge on any atom is -0.506 e. The van der Waals surface area contributed by atoms with E-state index in [-0.39, 0.29) is 17.7 Å². The Balaban J connectivity index is 1.71. The highest BCUT2D eigenvalue weighted by Crippen LogP contribution is 2.57. The number of hydrogen-bond acceptors (Lipinski definition) is 3. The summed E-state index contributed by atoms with van der Waals surface area (Å²) in [5, 5.41) is 17.5. The van der Waals surface area contributed by atoms with E-state index in [4.69, 9.17) is 4.74 Å². The largest absolute Gasteiger partial charge is 0.506 e. The first-order chi connectivity index (χ1) is 19.3. The van der Waals surface area contributed by atoms with Crippen LogP contribution in [-0.2, 0) is 4.74 Å². The van der Waals surface area contributed by atoms with Crippen molar-refractivity contribution in [2.24, 2.45) is 0 Å². The molecule has 5 aromatic rings. The number of nitrogens with zero attached hydrogens (tertiary/aromatic N) is 2. The zero-order chi connectivity index (χ0) is 27.8. The molecule has 0 amide bonds. The van der Waals surface area contributed by atoms with Crippen LogP contribution in [-0.4, -0.2) is 26.9 Å². The summed E-state index contributed by atoms with van der Waals surface area (Å²) in [6.07, 6.45) is 2.94. The Labute approximate surface area is 236 Å². The highest BCUT2D eigenvalue weighted by Gasteiger charge is 2.48. The van der Waals surface area contributed by atoms with Gasteiger partial charge in [0.05, 0.1) is 36.3 Å². The number of aliphatic hydroxyl groups excluding tert-OH is 1. The Morgan fingerprint density at radius 1 is 0.950 bits per heavy atom. The Bertz CT molecular complexity index is 1820. The summed E-state index contributed by atoms with van der Waals surface area (Å²) in [5.74, 6) is 0.195. The predicted molar refractivity (Wildman–Crippen MR) is 168 cm³/mol. The van der Waals surface area contributed by atoms with Gasteiger partial charge in [0.1, 0.15) is 0 Å². The normalized spacial score (nSPS) is 17.4. The molecule has 7 rings (SSSR count). The molecule has 2 atom stereocenters. The second-order valence-corrected chi connectivity index (χ2v) is 17.3. The molecule has 2 aliphatic heterocycles. The van der Waals surface area contributed by atoms with E-state index < -0.39 is 8.07 Å². The average Bonchev–Trinajstić information content (AvgIpc) is 2.94. The van der Waals surface area contributed by atoms with Crippen molar-refractivity contribution < 1.29 is 14.4 Å². The van der Waals surface area contributed by atoms with E-state index in [2.05, 4.69) is 121 Å². The number of hydrogen-bond donors (Lipinski definition) is 1. The topological polar surface area (TPSA) is 36.6 Å². The molecule has 4 nitrogen and oxygen atoms in total. The molecule has 0 radical (unpaired) electrons. The summed E-state index contributed by atoms with van der Waals surface area (Å²) in [6, 6.07) is 28.6. The minimum absolute atomic E-state index is 0.00711. The molecule has 0 fully saturated rings. The second kappa shape index (κ2) is 9.05. The van der Waals surface area contributed by atoms with Crippen LogP contribution >= 0.6 is 0 Å². The van der Waals surface area contributed by atoms with Crippen LogP contribution < -0.4 is 14.7 Å². The Hall–Kier alpha value is -3.93. The van der Waals surface area contributed by atoms with E-state index in [0.717, 1.165) is 12.1 Å². The van der Waals surface area contributed by atoms with Gasteiger partial charge in [-0.3, -0.25) is 0 Å². The van der Waals surface area contributed by atoms with E-state index in [1.807, 2.05) is 0 Å². The third-order valence-corrected chi connectivity index (χ3v) is 10.8. The monoisotopic (exact) mass is 543 g/mol. The van der Waals surface area contributed by atoms with Crippen molar-refractivity contribution in [1.29, 1.82) is 0 Å². The maximum atomic E-state index is 11.2. The summed E-state index contributed by atoms with van der Waals surface area (Å²) in [4.78, 5) is 2.47. The van der Waals surface area contributed by atoms with Crippen LogP contribution in [0, 0.1) is 0 Å². The number of ether oxygens (including phenoxy) is 1. The van der Waals surface area contributed by atoms with Crippen molar-refractivity contribution >= 4 is 51.9 Å². The molecule has 0 bridgehead atoms. The van der Waals surface area contributed by atoms with Crippen molar-refractivity contribution in [2.45, 2.75) is 38.0 Å². The molecule has 40 heavy (non-hydrogen) atoms. The molecule has 3 heterocycles. The van der Waals surface area contributed by atoms with Crippen LogP contribution in [0.1, 0.15) is 23.9 Å². The quantitative estimate of drug-likeness (QED) is 0.131. The van der Waals surface area contributed by atoms with Gasteiger partial charge in [-0.2, -0.15) is 4.57 Å². The zero-order valence-electron chi connectivity index (χ0n) is 23.6. The molecular weight excluding hydrogens is 508 g/mol. The predicted octanol–water partition coefficient (Wildman–Crippen LogP) is 8.02. The Kier molecular flexibility index (Phi) is 5.67. The van der Waals surface area contributed by atoms with Crippen LogP contribution in [0.4, 0.5) is 17.1 Å². The van der Waals surface area contributed by atoms with Gasteiger partial charge < -0.3 is 14.7 Å². The molecule has 200 valence electrons. The lowest BCUT2D eigenvalue weighted by Crippen LogP contribution is -2.49. The van der Waals surface area contributed by atoms with Crippen LogP contribution in [0.3, 0.4) is 0 Å². The maximum absolute atomic E-state index is 11.2. The van der Waals surface area contributed by atoms with Crippen LogP contribution in [0.15, 0.2) is 97.4 Å². The van der Waals surface area contributed by atoms with Gasteiger partial charge in [-0.1, -0.05) is 79.9 Å². The first-order valence-corrected chi connectivity index (χ1v) is 17.6. The Morgan fingerprint density at radius 3 is 2.42 bits per heavy atom. The Morgan fingerprint density at radius 2 is 1.70 bits per heavy atom. The molecule has 5 heteroatoms. The van der Waals surface area contributed by atoms with Gasteiger partial charge in [0, 0.05) is 25.5 Å². The van der Waals surface area contributed by atoms with Gasteiger partial charge in [0.25, 0.3) is 0 Å². The van der Waals surface area contributed by atoms with Crippen molar-refractivity contribution in [3.05, 3.63) is 103 Å². The van der Waals surface area contributed by atoms with Crippen molar-refractivity contribution in [1.82, 2.24) is 0 Å². The molecule has 1 aromatic heterocycles. The molecule has 2 unspecified atom stereocenters. The van der Waals surface area contributed by atoms with Gasteiger partial charge in [-0.05, 0) is 52.4 Å².